The number of amides is 1. The molecule has 1 aliphatic rings. The molecular weight excluding hydrogens is 345 g/mol. The summed E-state index contributed by atoms with van der Waals surface area (Å²) in [4.78, 5) is 16.8. The maximum Gasteiger partial charge on any atom is 0.255 e. The Labute approximate surface area is 152 Å². The van der Waals surface area contributed by atoms with Gasteiger partial charge in [0, 0.05) is 24.1 Å². The Hall–Kier alpha value is -2.18. The second-order valence-corrected chi connectivity index (χ2v) is 6.52. The lowest BCUT2D eigenvalue weighted by atomic mass is 9.83. The Morgan fingerprint density at radius 3 is 2.80 bits per heavy atom. The van der Waals surface area contributed by atoms with E-state index in [0.29, 0.717) is 12.2 Å². The lowest BCUT2D eigenvalue weighted by molar-refractivity contribution is 0.102. The summed E-state index contributed by atoms with van der Waals surface area (Å²) in [5.74, 6) is -0.851. The number of hydrogen-bond donors (Lipinski definition) is 2. The molecule has 2 aromatic rings. The van der Waals surface area contributed by atoms with E-state index in [4.69, 9.17) is 4.74 Å². The molecule has 3 rings (SSSR count). The van der Waals surface area contributed by atoms with Gasteiger partial charge in [0.15, 0.2) is 11.6 Å². The molecule has 1 aromatic carbocycles. The van der Waals surface area contributed by atoms with E-state index in [1.165, 1.54) is 19.2 Å². The first kappa shape index (κ1) is 19.1. The van der Waals surface area contributed by atoms with Crippen LogP contribution in [0.5, 0.6) is 5.75 Å². The topological polar surface area (TPSA) is 63.2 Å². The summed E-state index contributed by atoms with van der Waals surface area (Å²) in [6.07, 6.45) is 1.64. The molecular formula is C18H21ClFN3O2. The number of pyridine rings is 1. The van der Waals surface area contributed by atoms with Gasteiger partial charge in [-0.1, -0.05) is 13.8 Å². The van der Waals surface area contributed by atoms with Crippen LogP contribution < -0.4 is 15.4 Å². The fourth-order valence-corrected chi connectivity index (χ4v) is 2.93. The highest BCUT2D eigenvalue weighted by Crippen LogP contribution is 2.29. The number of nitrogens with zero attached hydrogens (tertiary/aromatic N) is 1. The van der Waals surface area contributed by atoms with E-state index in [1.807, 2.05) is 6.07 Å². The molecule has 1 aliphatic heterocycles. The minimum atomic E-state index is -0.570. The molecule has 0 saturated carbocycles. The third-order valence-electron chi connectivity index (χ3n) is 4.16. The van der Waals surface area contributed by atoms with Gasteiger partial charge in [0.2, 0.25) is 0 Å². The van der Waals surface area contributed by atoms with Crippen molar-refractivity contribution in [3.05, 3.63) is 53.1 Å². The largest absolute Gasteiger partial charge is 0.494 e. The SMILES string of the molecule is COc1ccc(C(=O)Nc2cnc3c(c2)CNCC3(C)C)cc1F.Cl. The van der Waals surface area contributed by atoms with Crippen LogP contribution >= 0.6 is 12.4 Å². The number of hydrogen-bond acceptors (Lipinski definition) is 4. The molecule has 1 aromatic heterocycles. The summed E-state index contributed by atoms with van der Waals surface area (Å²) >= 11 is 0. The van der Waals surface area contributed by atoms with Gasteiger partial charge < -0.3 is 15.4 Å². The molecule has 0 spiro atoms. The van der Waals surface area contributed by atoms with E-state index in [-0.39, 0.29) is 35.0 Å². The van der Waals surface area contributed by atoms with Crippen molar-refractivity contribution >= 4 is 24.0 Å². The van der Waals surface area contributed by atoms with Crippen LogP contribution in [0.1, 0.15) is 35.5 Å². The van der Waals surface area contributed by atoms with Gasteiger partial charge in [0.1, 0.15) is 0 Å². The quantitative estimate of drug-likeness (QED) is 0.876. The first-order chi connectivity index (χ1) is 11.4. The number of ether oxygens (including phenoxy) is 1. The molecule has 0 atom stereocenters. The number of halogens is 2. The second kappa shape index (κ2) is 7.37. The Morgan fingerprint density at radius 2 is 2.12 bits per heavy atom. The normalized spacial score (nSPS) is 14.9. The minimum Gasteiger partial charge on any atom is -0.494 e. The highest BCUT2D eigenvalue weighted by molar-refractivity contribution is 6.04. The lowest BCUT2D eigenvalue weighted by Gasteiger charge is -2.32. The fourth-order valence-electron chi connectivity index (χ4n) is 2.93. The van der Waals surface area contributed by atoms with E-state index >= 15 is 0 Å². The average Bonchev–Trinajstić information content (AvgIpc) is 2.54. The highest BCUT2D eigenvalue weighted by Gasteiger charge is 2.28. The highest BCUT2D eigenvalue weighted by atomic mass is 35.5. The molecule has 2 N–H and O–H groups in total. The standard InChI is InChI=1S/C18H20FN3O2.ClH/c1-18(2)10-20-8-12-6-13(9-21-16(12)18)22-17(23)11-4-5-15(24-3)14(19)7-11;/h4-7,9,20H,8,10H2,1-3H3,(H,22,23);1H. The number of fused-ring (bicyclic) bond motifs is 1. The van der Waals surface area contributed by atoms with Gasteiger partial charge in [-0.2, -0.15) is 0 Å². The smallest absolute Gasteiger partial charge is 0.255 e. The number of carbonyl (C=O) groups is 1. The van der Waals surface area contributed by atoms with Gasteiger partial charge in [-0.3, -0.25) is 9.78 Å². The maximum absolute atomic E-state index is 13.7. The van der Waals surface area contributed by atoms with Crippen LogP contribution in [0.15, 0.2) is 30.5 Å². The molecule has 25 heavy (non-hydrogen) atoms. The van der Waals surface area contributed by atoms with E-state index in [9.17, 15) is 9.18 Å². The zero-order chi connectivity index (χ0) is 17.3. The molecule has 0 unspecified atom stereocenters. The number of rotatable bonds is 3. The van der Waals surface area contributed by atoms with Crippen LogP contribution in [-0.4, -0.2) is 24.5 Å². The second-order valence-electron chi connectivity index (χ2n) is 6.52. The third kappa shape index (κ3) is 3.91. The first-order valence-electron chi connectivity index (χ1n) is 7.76. The van der Waals surface area contributed by atoms with Crippen molar-refractivity contribution in [2.24, 2.45) is 0 Å². The predicted molar refractivity (Wildman–Crippen MR) is 97.1 cm³/mol. The van der Waals surface area contributed by atoms with Crippen molar-refractivity contribution < 1.29 is 13.9 Å². The number of methoxy groups -OCH3 is 1. The Morgan fingerprint density at radius 1 is 1.36 bits per heavy atom. The van der Waals surface area contributed by atoms with Gasteiger partial charge in [0.25, 0.3) is 5.91 Å². The van der Waals surface area contributed by atoms with Crippen molar-refractivity contribution in [1.29, 1.82) is 0 Å². The minimum absolute atomic E-state index is 0. The fraction of sp³-hybridized carbons (Fsp3) is 0.333. The van der Waals surface area contributed by atoms with Crippen LogP contribution in [0.4, 0.5) is 10.1 Å². The monoisotopic (exact) mass is 365 g/mol. The molecule has 0 radical (unpaired) electrons. The van der Waals surface area contributed by atoms with Crippen molar-refractivity contribution in [3.8, 4) is 5.75 Å². The van der Waals surface area contributed by atoms with E-state index in [2.05, 4.69) is 29.5 Å². The van der Waals surface area contributed by atoms with Crippen LogP contribution in [0, 0.1) is 5.82 Å². The van der Waals surface area contributed by atoms with E-state index in [0.717, 1.165) is 23.9 Å². The summed E-state index contributed by atoms with van der Waals surface area (Å²) in [6.45, 7) is 5.84. The predicted octanol–water partition coefficient (Wildman–Crippen LogP) is 3.28. The molecule has 0 aliphatic carbocycles. The van der Waals surface area contributed by atoms with Gasteiger partial charge in [-0.15, -0.1) is 12.4 Å². The number of nitrogens with one attached hydrogen (secondary N) is 2. The number of benzene rings is 1. The summed E-state index contributed by atoms with van der Waals surface area (Å²) in [6, 6.07) is 6.02. The summed E-state index contributed by atoms with van der Waals surface area (Å²) in [7, 11) is 1.38. The summed E-state index contributed by atoms with van der Waals surface area (Å²) < 4.78 is 18.6. The Bertz CT molecular complexity index is 796. The van der Waals surface area contributed by atoms with E-state index < -0.39 is 5.82 Å². The lowest BCUT2D eigenvalue weighted by Crippen LogP contribution is -2.39. The van der Waals surface area contributed by atoms with Crippen molar-refractivity contribution in [1.82, 2.24) is 10.3 Å². The molecule has 134 valence electrons. The average molecular weight is 366 g/mol. The Kier molecular flexibility index (Phi) is 5.65. The molecule has 7 heteroatoms. The maximum atomic E-state index is 13.7. The zero-order valence-electron chi connectivity index (χ0n) is 14.4. The first-order valence-corrected chi connectivity index (χ1v) is 7.76. The van der Waals surface area contributed by atoms with Crippen LogP contribution in [0.25, 0.3) is 0 Å². The van der Waals surface area contributed by atoms with Crippen molar-refractivity contribution in [3.63, 3.8) is 0 Å². The summed E-state index contributed by atoms with van der Waals surface area (Å²) in [5.41, 5.74) is 2.87. The molecule has 0 saturated heterocycles. The molecule has 0 bridgehead atoms. The van der Waals surface area contributed by atoms with Gasteiger partial charge in [-0.25, -0.2) is 4.39 Å². The Balaban J connectivity index is 0.00000225. The third-order valence-corrected chi connectivity index (χ3v) is 4.16. The van der Waals surface area contributed by atoms with Crippen LogP contribution in [0.2, 0.25) is 0 Å². The van der Waals surface area contributed by atoms with Crippen molar-refractivity contribution in [2.45, 2.75) is 25.8 Å². The van der Waals surface area contributed by atoms with Crippen LogP contribution in [0.3, 0.4) is 0 Å². The molecule has 0 fully saturated rings. The van der Waals surface area contributed by atoms with Crippen LogP contribution in [-0.2, 0) is 12.0 Å². The molecule has 2 heterocycles. The zero-order valence-corrected chi connectivity index (χ0v) is 15.2. The summed E-state index contributed by atoms with van der Waals surface area (Å²) in [5, 5.41) is 6.11. The number of carbonyl (C=O) groups excluding carboxylic acids is 1. The van der Waals surface area contributed by atoms with Gasteiger partial charge in [0.05, 0.1) is 24.7 Å². The molecule has 5 nitrogen and oxygen atoms in total. The van der Waals surface area contributed by atoms with Gasteiger partial charge in [-0.05, 0) is 29.8 Å². The van der Waals surface area contributed by atoms with Gasteiger partial charge >= 0.3 is 0 Å². The van der Waals surface area contributed by atoms with E-state index in [1.54, 1.807) is 6.20 Å². The number of anilines is 1. The number of aromatic nitrogens is 1. The molecule has 1 amide bonds. The van der Waals surface area contributed by atoms with Crippen molar-refractivity contribution in [2.75, 3.05) is 19.0 Å².